The number of carbonyl (C=O) groups is 1. The van der Waals surface area contributed by atoms with E-state index in [9.17, 15) is 4.79 Å². The number of halogens is 2. The van der Waals surface area contributed by atoms with E-state index in [-0.39, 0.29) is 6.09 Å². The molecule has 0 N–H and O–H groups in total. The van der Waals surface area contributed by atoms with E-state index in [2.05, 4.69) is 41.8 Å². The average molecular weight is 420 g/mol. The summed E-state index contributed by atoms with van der Waals surface area (Å²) in [5, 5.41) is 4.27. The highest BCUT2D eigenvalue weighted by molar-refractivity contribution is 9.11. The molecule has 2 heterocycles. The number of ether oxygens (including phenoxy) is 1. The molecule has 8 heteroatoms. The van der Waals surface area contributed by atoms with Crippen molar-refractivity contribution in [3.05, 3.63) is 20.6 Å². The molecule has 21 heavy (non-hydrogen) atoms. The van der Waals surface area contributed by atoms with Gasteiger partial charge in [0.05, 0.1) is 6.57 Å². The van der Waals surface area contributed by atoms with Crippen LogP contribution in [0.2, 0.25) is 0 Å². The highest BCUT2D eigenvalue weighted by atomic mass is 79.9. The highest BCUT2D eigenvalue weighted by Gasteiger charge is 2.34. The van der Waals surface area contributed by atoms with Gasteiger partial charge < -0.3 is 9.64 Å². The fourth-order valence-electron chi connectivity index (χ4n) is 2.02. The van der Waals surface area contributed by atoms with Gasteiger partial charge in [0.25, 0.3) is 5.69 Å². The van der Waals surface area contributed by atoms with Crippen molar-refractivity contribution in [3.8, 4) is 0 Å². The molecule has 0 aliphatic carbocycles. The molecule has 1 aliphatic rings. The maximum Gasteiger partial charge on any atom is 0.410 e. The molecule has 0 aromatic carbocycles. The largest absolute Gasteiger partial charge is 0.444 e. The van der Waals surface area contributed by atoms with E-state index in [0.717, 1.165) is 0 Å². The number of aromatic nitrogens is 2. The SMILES string of the molecule is [C-]#[N+]c1c(Br)nn(CC2CN(C(=O)OC(C)(C)C)C2)c1Br. The number of carbonyl (C=O) groups excluding carboxylic acids is 1. The van der Waals surface area contributed by atoms with Crippen molar-refractivity contribution >= 4 is 43.6 Å². The Kier molecular flexibility index (Phi) is 4.63. The molecular weight excluding hydrogens is 404 g/mol. The smallest absolute Gasteiger partial charge is 0.410 e. The summed E-state index contributed by atoms with van der Waals surface area (Å²) in [5.74, 6) is 0.319. The van der Waals surface area contributed by atoms with E-state index in [1.165, 1.54) is 0 Å². The Labute approximate surface area is 140 Å². The van der Waals surface area contributed by atoms with Crippen LogP contribution in [0.5, 0.6) is 0 Å². The molecule has 114 valence electrons. The number of hydrogen-bond acceptors (Lipinski definition) is 3. The first-order valence-corrected chi connectivity index (χ1v) is 8.07. The van der Waals surface area contributed by atoms with Gasteiger partial charge in [0.2, 0.25) is 0 Å². The standard InChI is InChI=1S/C13H16Br2N4O2/c1-13(2,3)21-12(20)18-5-8(6-18)7-19-11(15)9(16-4)10(14)17-19/h8H,5-7H2,1-3H3. The van der Waals surface area contributed by atoms with Gasteiger partial charge in [-0.1, -0.05) is 0 Å². The van der Waals surface area contributed by atoms with Crippen molar-refractivity contribution in [2.45, 2.75) is 32.9 Å². The van der Waals surface area contributed by atoms with E-state index in [4.69, 9.17) is 11.3 Å². The summed E-state index contributed by atoms with van der Waals surface area (Å²) < 4.78 is 8.26. The van der Waals surface area contributed by atoms with Crippen LogP contribution in [0.3, 0.4) is 0 Å². The first-order chi connectivity index (χ1) is 9.71. The minimum absolute atomic E-state index is 0.277. The summed E-state index contributed by atoms with van der Waals surface area (Å²) in [5.41, 5.74) is 0.00100. The number of nitrogens with zero attached hydrogens (tertiary/aromatic N) is 4. The molecule has 1 aliphatic heterocycles. The van der Waals surface area contributed by atoms with Crippen molar-refractivity contribution in [2.75, 3.05) is 13.1 Å². The first-order valence-electron chi connectivity index (χ1n) is 6.48. The average Bonchev–Trinajstić information content (AvgIpc) is 2.55. The quantitative estimate of drug-likeness (QED) is 0.684. The lowest BCUT2D eigenvalue weighted by Crippen LogP contribution is -2.52. The summed E-state index contributed by atoms with van der Waals surface area (Å²) in [6.45, 7) is 14.6. The van der Waals surface area contributed by atoms with E-state index in [1.807, 2.05) is 20.8 Å². The number of likely N-dealkylation sites (tertiary alicyclic amines) is 1. The third-order valence-electron chi connectivity index (χ3n) is 2.98. The maximum atomic E-state index is 11.8. The predicted octanol–water partition coefficient (Wildman–Crippen LogP) is 3.83. The van der Waals surface area contributed by atoms with Crippen LogP contribution in [0.4, 0.5) is 10.5 Å². The number of rotatable bonds is 2. The Morgan fingerprint density at radius 1 is 1.48 bits per heavy atom. The van der Waals surface area contributed by atoms with Gasteiger partial charge in [-0.05, 0) is 52.6 Å². The lowest BCUT2D eigenvalue weighted by atomic mass is 10.0. The second-order valence-electron chi connectivity index (χ2n) is 5.98. The molecule has 0 atom stereocenters. The Bertz CT molecular complexity index is 595. The third kappa shape index (κ3) is 3.77. The van der Waals surface area contributed by atoms with E-state index in [1.54, 1.807) is 9.58 Å². The molecule has 0 unspecified atom stereocenters. The van der Waals surface area contributed by atoms with E-state index >= 15 is 0 Å². The molecule has 6 nitrogen and oxygen atoms in total. The molecule has 1 saturated heterocycles. The zero-order valence-corrected chi connectivity index (χ0v) is 15.2. The fraction of sp³-hybridized carbons (Fsp3) is 0.615. The Balaban J connectivity index is 1.89. The van der Waals surface area contributed by atoms with Crippen LogP contribution in [0.25, 0.3) is 4.85 Å². The lowest BCUT2D eigenvalue weighted by Gasteiger charge is -2.39. The Morgan fingerprint density at radius 2 is 2.10 bits per heavy atom. The molecule has 1 aromatic rings. The van der Waals surface area contributed by atoms with Crippen molar-refractivity contribution in [1.29, 1.82) is 0 Å². The Hall–Kier alpha value is -1.07. The summed E-state index contributed by atoms with van der Waals surface area (Å²) in [6, 6.07) is 0. The van der Waals surface area contributed by atoms with Gasteiger partial charge in [-0.25, -0.2) is 9.64 Å². The summed E-state index contributed by atoms with van der Waals surface area (Å²) >= 11 is 6.65. The van der Waals surface area contributed by atoms with Crippen LogP contribution in [-0.4, -0.2) is 39.5 Å². The van der Waals surface area contributed by atoms with Crippen LogP contribution >= 0.6 is 31.9 Å². The van der Waals surface area contributed by atoms with Gasteiger partial charge in [0.15, 0.2) is 0 Å². The summed E-state index contributed by atoms with van der Waals surface area (Å²) in [7, 11) is 0. The van der Waals surface area contributed by atoms with Crippen LogP contribution in [0.15, 0.2) is 9.21 Å². The van der Waals surface area contributed by atoms with Crippen LogP contribution in [-0.2, 0) is 11.3 Å². The molecule has 0 spiro atoms. The van der Waals surface area contributed by atoms with Crippen LogP contribution in [0.1, 0.15) is 20.8 Å². The van der Waals surface area contributed by atoms with Crippen LogP contribution < -0.4 is 0 Å². The molecule has 1 aromatic heterocycles. The van der Waals surface area contributed by atoms with Gasteiger partial charge in [-0.3, -0.25) is 4.68 Å². The van der Waals surface area contributed by atoms with Gasteiger partial charge in [0, 0.05) is 25.6 Å². The zero-order chi connectivity index (χ0) is 15.8. The second-order valence-corrected chi connectivity index (χ2v) is 7.48. The topological polar surface area (TPSA) is 51.7 Å². The molecule has 1 fully saturated rings. The lowest BCUT2D eigenvalue weighted by molar-refractivity contribution is -0.00393. The van der Waals surface area contributed by atoms with Gasteiger partial charge in [-0.2, -0.15) is 5.10 Å². The van der Waals surface area contributed by atoms with E-state index in [0.29, 0.717) is 40.4 Å². The molecule has 0 saturated carbocycles. The predicted molar refractivity (Wildman–Crippen MR) is 85.2 cm³/mol. The van der Waals surface area contributed by atoms with E-state index < -0.39 is 5.60 Å². The van der Waals surface area contributed by atoms with Crippen LogP contribution in [0, 0.1) is 12.5 Å². The fourth-order valence-corrected chi connectivity index (χ4v) is 3.26. The number of hydrogen-bond donors (Lipinski definition) is 0. The van der Waals surface area contributed by atoms with Crippen molar-refractivity contribution in [1.82, 2.24) is 14.7 Å². The van der Waals surface area contributed by atoms with Gasteiger partial charge in [-0.15, -0.1) is 0 Å². The molecule has 1 amide bonds. The maximum absolute atomic E-state index is 11.8. The summed E-state index contributed by atoms with van der Waals surface area (Å²) in [4.78, 5) is 16.9. The Morgan fingerprint density at radius 3 is 2.57 bits per heavy atom. The minimum atomic E-state index is -0.470. The van der Waals surface area contributed by atoms with Crippen molar-refractivity contribution in [2.24, 2.45) is 5.92 Å². The first kappa shape index (κ1) is 16.3. The second kappa shape index (κ2) is 5.97. The van der Waals surface area contributed by atoms with Crippen molar-refractivity contribution in [3.63, 3.8) is 0 Å². The highest BCUT2D eigenvalue weighted by Crippen LogP contribution is 2.34. The van der Waals surface area contributed by atoms with Gasteiger partial charge >= 0.3 is 6.09 Å². The zero-order valence-electron chi connectivity index (χ0n) is 12.1. The molecule has 2 rings (SSSR count). The number of amides is 1. The normalized spacial score (nSPS) is 15.5. The monoisotopic (exact) mass is 418 g/mol. The molecular formula is C13H16Br2N4O2. The van der Waals surface area contributed by atoms with Crippen molar-refractivity contribution < 1.29 is 9.53 Å². The molecule has 0 bridgehead atoms. The summed E-state index contributed by atoms with van der Waals surface area (Å²) in [6.07, 6.45) is -0.277. The van der Waals surface area contributed by atoms with Gasteiger partial charge in [0.1, 0.15) is 14.8 Å². The third-order valence-corrected chi connectivity index (χ3v) is 4.30. The minimum Gasteiger partial charge on any atom is -0.444 e. The molecule has 0 radical (unpaired) electrons.